The lowest BCUT2D eigenvalue weighted by atomic mass is 10.0. The third kappa shape index (κ3) is 4.22. The average molecular weight is 314 g/mol. The molecule has 0 amide bonds. The molecule has 0 aliphatic rings. The summed E-state index contributed by atoms with van der Waals surface area (Å²) in [6, 6.07) is 8.38. The van der Waals surface area contributed by atoms with Crippen LogP contribution in [0.3, 0.4) is 0 Å². The minimum atomic E-state index is 0.337. The summed E-state index contributed by atoms with van der Waals surface area (Å²) in [6.45, 7) is 3.19. The molecule has 1 unspecified atom stereocenters. The van der Waals surface area contributed by atoms with E-state index in [9.17, 15) is 0 Å². The van der Waals surface area contributed by atoms with Gasteiger partial charge in [-0.25, -0.2) is 0 Å². The molecule has 1 aromatic carbocycles. The Balaban J connectivity index is 2.13. The fraction of sp³-hybridized carbons (Fsp3) is 0.333. The minimum absolute atomic E-state index is 0.337. The van der Waals surface area contributed by atoms with E-state index in [-0.39, 0.29) is 0 Å². The quantitative estimate of drug-likeness (QED) is 0.759. The molecule has 0 spiro atoms. The summed E-state index contributed by atoms with van der Waals surface area (Å²) in [6.07, 6.45) is 2.05. The molecule has 19 heavy (non-hydrogen) atoms. The highest BCUT2D eigenvalue weighted by molar-refractivity contribution is 7.07. The molecule has 102 valence electrons. The number of benzene rings is 1. The van der Waals surface area contributed by atoms with Gasteiger partial charge in [-0.15, -0.1) is 0 Å². The number of hydrogen-bond donors (Lipinski definition) is 1. The molecule has 2 aromatic rings. The molecular weight excluding hydrogens is 297 g/mol. The molecule has 0 saturated carbocycles. The second-order valence-corrected chi connectivity index (χ2v) is 6.11. The molecule has 0 bridgehead atoms. The molecule has 1 nitrogen and oxygen atoms in total. The van der Waals surface area contributed by atoms with Crippen LogP contribution in [0, 0.1) is 0 Å². The Morgan fingerprint density at radius 2 is 2.05 bits per heavy atom. The largest absolute Gasteiger partial charge is 0.310 e. The normalized spacial score (nSPS) is 12.6. The zero-order chi connectivity index (χ0) is 13.7. The molecule has 0 aliphatic carbocycles. The summed E-state index contributed by atoms with van der Waals surface area (Å²) in [5, 5.41) is 9.13. The summed E-state index contributed by atoms with van der Waals surface area (Å²) in [7, 11) is 0. The third-order valence-electron chi connectivity index (χ3n) is 3.01. The summed E-state index contributed by atoms with van der Waals surface area (Å²) >= 11 is 13.8. The van der Waals surface area contributed by atoms with Crippen molar-refractivity contribution in [1.82, 2.24) is 5.32 Å². The highest BCUT2D eigenvalue weighted by Gasteiger charge is 2.12. The van der Waals surface area contributed by atoms with Gasteiger partial charge >= 0.3 is 0 Å². The SMILES string of the molecule is CCCNC(Cc1ccc(Cl)c(Cl)c1)c1ccsc1. The van der Waals surface area contributed by atoms with Crippen LogP contribution < -0.4 is 5.32 Å². The molecule has 1 N–H and O–H groups in total. The highest BCUT2D eigenvalue weighted by Crippen LogP contribution is 2.26. The van der Waals surface area contributed by atoms with Crippen LogP contribution in [0.1, 0.15) is 30.5 Å². The zero-order valence-electron chi connectivity index (χ0n) is 10.8. The first kappa shape index (κ1) is 14.9. The Labute approximate surface area is 128 Å². The molecule has 4 heteroatoms. The van der Waals surface area contributed by atoms with Crippen molar-refractivity contribution in [3.8, 4) is 0 Å². The first-order valence-electron chi connectivity index (χ1n) is 6.40. The fourth-order valence-electron chi connectivity index (χ4n) is 2.00. The Morgan fingerprint density at radius 3 is 2.68 bits per heavy atom. The van der Waals surface area contributed by atoms with Crippen LogP contribution in [-0.2, 0) is 6.42 Å². The molecule has 0 aliphatic heterocycles. The smallest absolute Gasteiger partial charge is 0.0595 e. The van der Waals surface area contributed by atoms with Gasteiger partial charge in [0, 0.05) is 6.04 Å². The lowest BCUT2D eigenvalue weighted by Gasteiger charge is -2.18. The molecule has 0 fully saturated rings. The average Bonchev–Trinajstić information content (AvgIpc) is 2.92. The minimum Gasteiger partial charge on any atom is -0.310 e. The summed E-state index contributed by atoms with van der Waals surface area (Å²) in [5.74, 6) is 0. The maximum absolute atomic E-state index is 6.08. The van der Waals surface area contributed by atoms with E-state index in [1.807, 2.05) is 18.2 Å². The van der Waals surface area contributed by atoms with Crippen molar-refractivity contribution in [3.05, 3.63) is 56.2 Å². The highest BCUT2D eigenvalue weighted by atomic mass is 35.5. The fourth-order valence-corrected chi connectivity index (χ4v) is 3.04. The van der Waals surface area contributed by atoms with Crippen LogP contribution in [0.25, 0.3) is 0 Å². The standard InChI is InChI=1S/C15H17Cl2NS/c1-2-6-18-15(12-5-7-19-10-12)9-11-3-4-13(16)14(17)8-11/h3-5,7-8,10,15,18H,2,6,9H2,1H3. The van der Waals surface area contributed by atoms with Crippen LogP contribution >= 0.6 is 34.5 Å². The number of hydrogen-bond acceptors (Lipinski definition) is 2. The van der Waals surface area contributed by atoms with Crippen molar-refractivity contribution in [2.24, 2.45) is 0 Å². The Kier molecular flexibility index (Phi) is 5.71. The summed E-state index contributed by atoms with van der Waals surface area (Å²) in [5.41, 5.74) is 2.54. The predicted octanol–water partition coefficient (Wildman–Crippen LogP) is 5.34. The van der Waals surface area contributed by atoms with Gasteiger partial charge in [0.2, 0.25) is 0 Å². The Hall–Kier alpha value is -0.540. The van der Waals surface area contributed by atoms with Crippen LogP contribution in [0.4, 0.5) is 0 Å². The molecule has 0 radical (unpaired) electrons. The number of rotatable bonds is 6. The van der Waals surface area contributed by atoms with Crippen molar-refractivity contribution < 1.29 is 0 Å². The number of halogens is 2. The van der Waals surface area contributed by atoms with Gasteiger partial charge in [-0.3, -0.25) is 0 Å². The molecular formula is C15H17Cl2NS. The van der Waals surface area contributed by atoms with Crippen LogP contribution in [-0.4, -0.2) is 6.54 Å². The van der Waals surface area contributed by atoms with Gasteiger partial charge in [0.25, 0.3) is 0 Å². The van der Waals surface area contributed by atoms with Gasteiger partial charge in [0.1, 0.15) is 0 Å². The van der Waals surface area contributed by atoms with Gasteiger partial charge < -0.3 is 5.32 Å². The summed E-state index contributed by atoms with van der Waals surface area (Å²) < 4.78 is 0. The van der Waals surface area contributed by atoms with Gasteiger partial charge in [-0.1, -0.05) is 36.2 Å². The maximum atomic E-state index is 6.08. The zero-order valence-corrected chi connectivity index (χ0v) is 13.2. The van der Waals surface area contributed by atoms with Gasteiger partial charge in [-0.05, 0) is 59.5 Å². The molecule has 1 aromatic heterocycles. The van der Waals surface area contributed by atoms with Crippen LogP contribution in [0.5, 0.6) is 0 Å². The van der Waals surface area contributed by atoms with E-state index in [1.54, 1.807) is 11.3 Å². The van der Waals surface area contributed by atoms with Gasteiger partial charge in [0.05, 0.1) is 10.0 Å². The van der Waals surface area contributed by atoms with Gasteiger partial charge in [-0.2, -0.15) is 11.3 Å². The van der Waals surface area contributed by atoms with E-state index in [0.717, 1.165) is 19.4 Å². The topological polar surface area (TPSA) is 12.0 Å². The second kappa shape index (κ2) is 7.30. The van der Waals surface area contributed by atoms with E-state index in [1.165, 1.54) is 11.1 Å². The third-order valence-corrected chi connectivity index (χ3v) is 4.45. The van der Waals surface area contributed by atoms with E-state index in [2.05, 4.69) is 29.1 Å². The first-order chi connectivity index (χ1) is 9.20. The summed E-state index contributed by atoms with van der Waals surface area (Å²) in [4.78, 5) is 0. The van der Waals surface area contributed by atoms with E-state index in [4.69, 9.17) is 23.2 Å². The number of nitrogens with one attached hydrogen (secondary N) is 1. The van der Waals surface area contributed by atoms with Crippen molar-refractivity contribution in [2.45, 2.75) is 25.8 Å². The van der Waals surface area contributed by atoms with Crippen molar-refractivity contribution in [3.63, 3.8) is 0 Å². The van der Waals surface area contributed by atoms with E-state index < -0.39 is 0 Å². The monoisotopic (exact) mass is 313 g/mol. The van der Waals surface area contributed by atoms with Crippen molar-refractivity contribution in [1.29, 1.82) is 0 Å². The molecule has 1 heterocycles. The molecule has 2 rings (SSSR count). The van der Waals surface area contributed by atoms with Crippen molar-refractivity contribution >= 4 is 34.5 Å². The lowest BCUT2D eigenvalue weighted by Crippen LogP contribution is -2.23. The van der Waals surface area contributed by atoms with Crippen LogP contribution in [0.2, 0.25) is 10.0 Å². The maximum Gasteiger partial charge on any atom is 0.0595 e. The molecule has 0 saturated heterocycles. The lowest BCUT2D eigenvalue weighted by molar-refractivity contribution is 0.530. The Morgan fingerprint density at radius 1 is 1.21 bits per heavy atom. The van der Waals surface area contributed by atoms with E-state index in [0.29, 0.717) is 16.1 Å². The Bertz CT molecular complexity index is 511. The van der Waals surface area contributed by atoms with Crippen LogP contribution in [0.15, 0.2) is 35.0 Å². The van der Waals surface area contributed by atoms with E-state index >= 15 is 0 Å². The predicted molar refractivity (Wildman–Crippen MR) is 85.5 cm³/mol. The molecule has 1 atom stereocenters. The van der Waals surface area contributed by atoms with Gasteiger partial charge in [0.15, 0.2) is 0 Å². The number of thiophene rings is 1. The second-order valence-electron chi connectivity index (χ2n) is 4.52. The van der Waals surface area contributed by atoms with Crippen molar-refractivity contribution in [2.75, 3.05) is 6.54 Å². The first-order valence-corrected chi connectivity index (χ1v) is 8.10.